The first-order chi connectivity index (χ1) is 30.9. The number of aliphatic hydroxyl groups is 1. The topological polar surface area (TPSA) is 193 Å². The van der Waals surface area contributed by atoms with E-state index in [1.165, 1.54) is 11.1 Å². The number of amides is 3. The molecule has 15 nitrogen and oxygen atoms in total. The fraction of sp³-hybridized carbons (Fsp3) is 0.457. The number of pyridine rings is 1. The number of benzene rings is 2. The van der Waals surface area contributed by atoms with Gasteiger partial charge in [0.05, 0.1) is 57.1 Å². The van der Waals surface area contributed by atoms with Crippen LogP contribution in [0.25, 0.3) is 32.6 Å². The lowest BCUT2D eigenvalue weighted by Crippen LogP contribution is -2.56. The Balaban J connectivity index is 0.908. The minimum Gasteiger partial charge on any atom is -0.391 e. The number of β-amino-alcohol motifs (C(OH)–C–C–N with tert-alkyl or cyclic N) is 1. The van der Waals surface area contributed by atoms with Crippen molar-refractivity contribution < 1.29 is 36.7 Å². The van der Waals surface area contributed by atoms with Gasteiger partial charge in [-0.3, -0.25) is 19.1 Å². The number of sulfonamides is 1. The van der Waals surface area contributed by atoms with Gasteiger partial charge in [-0.05, 0) is 61.1 Å². The van der Waals surface area contributed by atoms with Gasteiger partial charge in [0.15, 0.2) is 5.82 Å². The number of aliphatic hydroxyl groups excluding tert-OH is 1. The third-order valence-electron chi connectivity index (χ3n) is 11.9. The standard InChI is InChI=1S/C46H57F2N9O6S2/c1-6-20-65(62,63)54-36-14-13-35(47)39(40(36)48)34-25-51-43-33(34)21-31(24-50-43)55-16-18-56(19-17-55)38(59)8-7-15-49-42(46(3,4)5)45(61)57-26-32(58)22-37(57)44(60)52-23-29-9-11-30(12-10-29)41-28(2)53-27-64-41/h9-14,21,24-25,27,32,37,42,49,54,58H,6-8,15-20,22-23,26H2,1-5H3,(H,50,51)(H,52,60)/t32-,37+,42-/m1/s1. The van der Waals surface area contributed by atoms with Crippen molar-refractivity contribution in [2.75, 3.05) is 54.6 Å². The van der Waals surface area contributed by atoms with Gasteiger partial charge in [-0.2, -0.15) is 0 Å². The van der Waals surface area contributed by atoms with Gasteiger partial charge >= 0.3 is 0 Å². The first kappa shape index (κ1) is 47.5. The molecule has 3 amide bonds. The predicted octanol–water partition coefficient (Wildman–Crippen LogP) is 5.80. The number of likely N-dealkylation sites (tertiary alicyclic amines) is 1. The fourth-order valence-electron chi connectivity index (χ4n) is 8.49. The molecule has 0 aliphatic carbocycles. The second kappa shape index (κ2) is 19.9. The Morgan fingerprint density at radius 3 is 2.46 bits per heavy atom. The molecule has 2 fully saturated rings. The van der Waals surface area contributed by atoms with Crippen LogP contribution in [-0.4, -0.2) is 119 Å². The van der Waals surface area contributed by atoms with Gasteiger partial charge < -0.3 is 35.4 Å². The van der Waals surface area contributed by atoms with E-state index in [9.17, 15) is 27.9 Å². The quantitative estimate of drug-likeness (QED) is 0.0756. The van der Waals surface area contributed by atoms with Crippen LogP contribution in [0.3, 0.4) is 0 Å². The number of carbonyl (C=O) groups excluding carboxylic acids is 3. The summed E-state index contributed by atoms with van der Waals surface area (Å²) >= 11 is 1.57. The van der Waals surface area contributed by atoms with Crippen LogP contribution in [0.5, 0.6) is 0 Å². The van der Waals surface area contributed by atoms with Crippen molar-refractivity contribution in [1.82, 2.24) is 35.4 Å². The van der Waals surface area contributed by atoms with Crippen LogP contribution in [0, 0.1) is 24.0 Å². The van der Waals surface area contributed by atoms with Gasteiger partial charge in [0.25, 0.3) is 0 Å². The van der Waals surface area contributed by atoms with Crippen LogP contribution in [0.4, 0.5) is 20.2 Å². The highest BCUT2D eigenvalue weighted by Gasteiger charge is 2.43. The lowest BCUT2D eigenvalue weighted by atomic mass is 9.85. The average Bonchev–Trinajstić information content (AvgIpc) is 4.01. The number of aromatic nitrogens is 3. The number of anilines is 2. The van der Waals surface area contributed by atoms with E-state index in [1.54, 1.807) is 35.4 Å². The summed E-state index contributed by atoms with van der Waals surface area (Å²) < 4.78 is 57.9. The Morgan fingerprint density at radius 2 is 1.78 bits per heavy atom. The van der Waals surface area contributed by atoms with Gasteiger partial charge in [0.1, 0.15) is 17.5 Å². The zero-order chi connectivity index (χ0) is 46.6. The fourth-order valence-corrected chi connectivity index (χ4v) is 10.4. The summed E-state index contributed by atoms with van der Waals surface area (Å²) in [6.45, 7) is 12.0. The molecule has 5 heterocycles. The van der Waals surface area contributed by atoms with Crippen LogP contribution in [0.15, 0.2) is 60.4 Å². The van der Waals surface area contributed by atoms with E-state index in [-0.39, 0.29) is 66.2 Å². The van der Waals surface area contributed by atoms with Gasteiger partial charge in [-0.1, -0.05) is 52.0 Å². The summed E-state index contributed by atoms with van der Waals surface area (Å²) in [4.78, 5) is 59.1. The molecule has 2 aliphatic heterocycles. The van der Waals surface area contributed by atoms with Gasteiger partial charge in [0.2, 0.25) is 27.7 Å². The van der Waals surface area contributed by atoms with Crippen molar-refractivity contribution in [2.24, 2.45) is 5.41 Å². The number of carbonyl (C=O) groups is 3. The number of fused-ring (bicyclic) bond motifs is 1. The zero-order valence-electron chi connectivity index (χ0n) is 37.3. The Hall–Kier alpha value is -5.50. The molecule has 0 radical (unpaired) electrons. The van der Waals surface area contributed by atoms with Crippen molar-refractivity contribution in [3.05, 3.63) is 83.3 Å². The molecule has 0 spiro atoms. The van der Waals surface area contributed by atoms with E-state index in [0.29, 0.717) is 62.3 Å². The Morgan fingerprint density at radius 1 is 1.05 bits per heavy atom. The van der Waals surface area contributed by atoms with Crippen molar-refractivity contribution in [3.8, 4) is 21.6 Å². The number of H-pyrrole nitrogens is 1. The molecule has 3 atom stereocenters. The largest absolute Gasteiger partial charge is 0.391 e. The maximum Gasteiger partial charge on any atom is 0.243 e. The van der Waals surface area contributed by atoms with Crippen LogP contribution >= 0.6 is 11.3 Å². The average molecular weight is 934 g/mol. The smallest absolute Gasteiger partial charge is 0.243 e. The summed E-state index contributed by atoms with van der Waals surface area (Å²) in [6, 6.07) is 10.3. The number of hydrogen-bond donors (Lipinski definition) is 5. The summed E-state index contributed by atoms with van der Waals surface area (Å²) in [7, 11) is -3.82. The summed E-state index contributed by atoms with van der Waals surface area (Å²) in [5.41, 5.74) is 4.76. The Bertz CT molecular complexity index is 2620. The van der Waals surface area contributed by atoms with Crippen molar-refractivity contribution in [2.45, 2.75) is 85.0 Å². The van der Waals surface area contributed by atoms with Gasteiger partial charge in [-0.25, -0.2) is 27.2 Å². The first-order valence-corrected chi connectivity index (χ1v) is 24.4. The monoisotopic (exact) mass is 933 g/mol. The van der Waals surface area contributed by atoms with E-state index in [4.69, 9.17) is 0 Å². The van der Waals surface area contributed by atoms with Crippen LogP contribution in [-0.2, 0) is 31.0 Å². The second-order valence-corrected chi connectivity index (χ2v) is 20.5. The summed E-state index contributed by atoms with van der Waals surface area (Å²) in [6.07, 6.45) is 3.45. The number of rotatable bonds is 16. The van der Waals surface area contributed by atoms with Crippen LogP contribution < -0.4 is 20.3 Å². The molecule has 0 unspecified atom stereocenters. The number of aryl methyl sites for hydroxylation is 1. The minimum atomic E-state index is -3.82. The van der Waals surface area contributed by atoms with E-state index in [1.807, 2.05) is 62.4 Å². The maximum absolute atomic E-state index is 15.7. The number of aromatic amines is 1. The highest BCUT2D eigenvalue weighted by Crippen LogP contribution is 2.37. The molecule has 65 heavy (non-hydrogen) atoms. The molecule has 0 saturated carbocycles. The molecule has 2 saturated heterocycles. The predicted molar refractivity (Wildman–Crippen MR) is 249 cm³/mol. The number of piperazine rings is 1. The Kier molecular flexibility index (Phi) is 14.6. The lowest BCUT2D eigenvalue weighted by Gasteiger charge is -2.36. The number of hydrogen-bond acceptors (Lipinski definition) is 11. The number of thiazole rings is 1. The number of nitrogens with one attached hydrogen (secondary N) is 4. The first-order valence-electron chi connectivity index (χ1n) is 21.9. The molecule has 2 aliphatic rings. The maximum atomic E-state index is 15.7. The number of halogens is 2. The van der Waals surface area contributed by atoms with Crippen molar-refractivity contribution in [3.63, 3.8) is 0 Å². The van der Waals surface area contributed by atoms with E-state index >= 15 is 8.78 Å². The molecular weight excluding hydrogens is 877 g/mol. The SMILES string of the molecule is CCCS(=O)(=O)Nc1ccc(F)c(-c2c[nH]c3ncc(N4CCN(C(=O)CCCN[C@H](C(=O)N5C[C@H](O)C[C@H]5C(=O)NCc5ccc(-c6scnc6C)cc5)C(C)(C)C)CC4)cc23)c1F. The third kappa shape index (κ3) is 11.0. The molecule has 348 valence electrons. The Labute approximate surface area is 382 Å². The van der Waals surface area contributed by atoms with Crippen molar-refractivity contribution >= 4 is 61.5 Å². The second-order valence-electron chi connectivity index (χ2n) is 17.8. The minimum absolute atomic E-state index is 0.0281. The van der Waals surface area contributed by atoms with E-state index in [2.05, 4.69) is 30.3 Å². The summed E-state index contributed by atoms with van der Waals surface area (Å²) in [5.74, 6) is -2.73. The zero-order valence-corrected chi connectivity index (χ0v) is 38.9. The third-order valence-corrected chi connectivity index (χ3v) is 14.4. The lowest BCUT2D eigenvalue weighted by molar-refractivity contribution is -0.142. The van der Waals surface area contributed by atoms with E-state index < -0.39 is 45.3 Å². The molecular formula is C46H57F2N9O6S2. The van der Waals surface area contributed by atoms with Crippen molar-refractivity contribution in [1.29, 1.82) is 0 Å². The highest BCUT2D eigenvalue weighted by atomic mass is 32.2. The molecule has 7 rings (SSSR count). The number of nitrogens with zero attached hydrogens (tertiary/aromatic N) is 5. The van der Waals surface area contributed by atoms with Crippen LogP contribution in [0.2, 0.25) is 0 Å². The summed E-state index contributed by atoms with van der Waals surface area (Å²) in [5, 5.41) is 17.4. The highest BCUT2D eigenvalue weighted by molar-refractivity contribution is 7.92. The van der Waals surface area contributed by atoms with E-state index in [0.717, 1.165) is 33.8 Å². The normalized spacial score (nSPS) is 17.4. The molecule has 19 heteroatoms. The van der Waals surface area contributed by atoms with Gasteiger partial charge in [0, 0.05) is 69.3 Å². The van der Waals surface area contributed by atoms with Crippen LogP contribution in [0.1, 0.15) is 64.6 Å². The molecule has 0 bridgehead atoms. The molecule has 5 aromatic rings. The molecule has 2 aromatic carbocycles. The van der Waals surface area contributed by atoms with Gasteiger partial charge in [-0.15, -0.1) is 11.3 Å². The molecule has 3 aromatic heterocycles. The molecule has 5 N–H and O–H groups in total.